The molecule has 4 nitrogen and oxygen atoms in total. The van der Waals surface area contributed by atoms with Crippen molar-refractivity contribution < 1.29 is 14.6 Å². The van der Waals surface area contributed by atoms with Crippen molar-refractivity contribution in [2.75, 3.05) is 4.90 Å². The fourth-order valence-corrected chi connectivity index (χ4v) is 6.11. The molecule has 0 unspecified atom stereocenters. The first kappa shape index (κ1) is 14.0. The van der Waals surface area contributed by atoms with Crippen LogP contribution in [0.25, 0.3) is 0 Å². The number of carbonyl (C=O) groups is 1. The molecule has 2 aliphatic heterocycles. The topological polar surface area (TPSA) is 49.8 Å². The first-order valence-corrected chi connectivity index (χ1v) is 8.74. The van der Waals surface area contributed by atoms with Crippen LogP contribution in [-0.2, 0) is 9.53 Å². The molecule has 2 bridgehead atoms. The summed E-state index contributed by atoms with van der Waals surface area (Å²) in [5.74, 6) is 0.918. The van der Waals surface area contributed by atoms with Crippen molar-refractivity contribution in [3.05, 3.63) is 29.8 Å². The Labute approximate surface area is 136 Å². The summed E-state index contributed by atoms with van der Waals surface area (Å²) in [5.41, 5.74) is 1.48. The highest BCUT2D eigenvalue weighted by molar-refractivity contribution is 6.01. The number of carbonyl (C=O) groups excluding carboxylic acids is 1. The van der Waals surface area contributed by atoms with E-state index < -0.39 is 11.8 Å². The average molecular weight is 313 g/mol. The van der Waals surface area contributed by atoms with Crippen molar-refractivity contribution in [1.82, 2.24) is 0 Å². The maximum Gasteiger partial charge on any atom is 0.233 e. The van der Waals surface area contributed by atoms with E-state index in [1.54, 1.807) is 0 Å². The number of para-hydroxylation sites is 1. The van der Waals surface area contributed by atoms with Gasteiger partial charge in [0.05, 0.1) is 18.1 Å². The Morgan fingerprint density at radius 3 is 2.74 bits per heavy atom. The van der Waals surface area contributed by atoms with Crippen LogP contribution in [0.1, 0.15) is 25.8 Å². The van der Waals surface area contributed by atoms with Gasteiger partial charge >= 0.3 is 0 Å². The van der Waals surface area contributed by atoms with Gasteiger partial charge in [0.15, 0.2) is 5.72 Å². The predicted octanol–water partition coefficient (Wildman–Crippen LogP) is 2.34. The molecule has 0 aromatic heterocycles. The van der Waals surface area contributed by atoms with Gasteiger partial charge in [-0.15, -0.1) is 0 Å². The number of fused-ring (bicyclic) bond motifs is 2. The third kappa shape index (κ3) is 1.35. The number of aryl methyl sites for hydroxylation is 1. The zero-order valence-electron chi connectivity index (χ0n) is 13.8. The van der Waals surface area contributed by atoms with Crippen molar-refractivity contribution in [1.29, 1.82) is 0 Å². The molecule has 5 rings (SSSR count). The largest absolute Gasteiger partial charge is 0.390 e. The van der Waals surface area contributed by atoms with E-state index in [1.807, 2.05) is 36.1 Å². The van der Waals surface area contributed by atoms with Crippen LogP contribution in [-0.4, -0.2) is 28.9 Å². The van der Waals surface area contributed by atoms with Crippen LogP contribution in [0.4, 0.5) is 5.69 Å². The minimum absolute atomic E-state index is 0.0734. The second kappa shape index (κ2) is 4.17. The zero-order chi connectivity index (χ0) is 16.1. The lowest BCUT2D eigenvalue weighted by Gasteiger charge is -2.42. The molecule has 2 aliphatic carbocycles. The van der Waals surface area contributed by atoms with E-state index in [-0.39, 0.29) is 35.7 Å². The Morgan fingerprint density at radius 2 is 2.04 bits per heavy atom. The summed E-state index contributed by atoms with van der Waals surface area (Å²) >= 11 is 0. The van der Waals surface area contributed by atoms with Crippen molar-refractivity contribution in [2.24, 2.45) is 29.6 Å². The normalized spacial score (nSPS) is 46.5. The molecule has 4 aliphatic rings. The first-order chi connectivity index (χ1) is 11.0. The third-order valence-corrected chi connectivity index (χ3v) is 6.89. The van der Waals surface area contributed by atoms with E-state index in [2.05, 4.69) is 13.8 Å². The Balaban J connectivity index is 1.73. The maximum absolute atomic E-state index is 13.4. The number of ether oxygens (including phenoxy) is 1. The van der Waals surface area contributed by atoms with Crippen molar-refractivity contribution >= 4 is 11.6 Å². The van der Waals surface area contributed by atoms with Crippen molar-refractivity contribution in [3.63, 3.8) is 0 Å². The standard InChI is InChI=1S/C19H23NO3/c1-9(2)19-15-12-8-11(16(21)17(12)23-19)14(15)18(22)20(19)13-7-5-4-6-10(13)3/h4-7,9,11-12,14-17,21H,8H2,1-3H3/t11-,12-,14-,15-,16-,17+,19-/m1/s1. The molecule has 7 atom stereocenters. The maximum atomic E-state index is 13.4. The molecule has 4 fully saturated rings. The van der Waals surface area contributed by atoms with Gasteiger partial charge in [0.1, 0.15) is 0 Å². The number of hydrogen-bond acceptors (Lipinski definition) is 3. The number of nitrogens with zero attached hydrogens (tertiary/aromatic N) is 1. The van der Waals surface area contributed by atoms with Gasteiger partial charge in [-0.3, -0.25) is 9.69 Å². The Hall–Kier alpha value is -1.39. The molecule has 122 valence electrons. The fraction of sp³-hybridized carbons (Fsp3) is 0.632. The molecule has 1 N–H and O–H groups in total. The van der Waals surface area contributed by atoms with Crippen LogP contribution in [0.5, 0.6) is 0 Å². The molecule has 4 heteroatoms. The molecular weight excluding hydrogens is 290 g/mol. The van der Waals surface area contributed by atoms with Crippen LogP contribution in [0, 0.1) is 36.5 Å². The minimum atomic E-state index is -0.588. The van der Waals surface area contributed by atoms with Gasteiger partial charge in [0, 0.05) is 17.5 Å². The number of aliphatic hydroxyl groups excluding tert-OH is 1. The summed E-state index contributed by atoms with van der Waals surface area (Å²) in [6, 6.07) is 8.06. The number of amides is 1. The van der Waals surface area contributed by atoms with Crippen molar-refractivity contribution in [3.8, 4) is 0 Å². The lowest BCUT2D eigenvalue weighted by atomic mass is 9.74. The highest BCUT2D eigenvalue weighted by Crippen LogP contribution is 2.69. The first-order valence-electron chi connectivity index (χ1n) is 8.74. The van der Waals surface area contributed by atoms with E-state index in [0.717, 1.165) is 17.7 Å². The molecule has 23 heavy (non-hydrogen) atoms. The second-order valence-electron chi connectivity index (χ2n) is 8.05. The smallest absolute Gasteiger partial charge is 0.233 e. The SMILES string of the molecule is Cc1ccccc1N1C(=O)[C@@H]2[C@H]3C[C@H]4[C@H](O[C@]1(C(C)C)[C@H]42)[C@@H]3O. The molecule has 1 amide bonds. The van der Waals surface area contributed by atoms with E-state index in [4.69, 9.17) is 4.74 Å². The average Bonchev–Trinajstić information content (AvgIpc) is 3.16. The van der Waals surface area contributed by atoms with E-state index >= 15 is 0 Å². The molecule has 0 spiro atoms. The Kier molecular flexibility index (Phi) is 2.54. The van der Waals surface area contributed by atoms with Gasteiger partial charge in [0.25, 0.3) is 0 Å². The second-order valence-corrected chi connectivity index (χ2v) is 8.05. The lowest BCUT2D eigenvalue weighted by molar-refractivity contribution is -0.136. The molecule has 2 saturated heterocycles. The van der Waals surface area contributed by atoms with Crippen molar-refractivity contribution in [2.45, 2.75) is 45.1 Å². The van der Waals surface area contributed by atoms with Gasteiger partial charge in [-0.1, -0.05) is 32.0 Å². The highest BCUT2D eigenvalue weighted by atomic mass is 16.6. The van der Waals surface area contributed by atoms with Crippen LogP contribution >= 0.6 is 0 Å². The lowest BCUT2D eigenvalue weighted by Crippen LogP contribution is -2.54. The van der Waals surface area contributed by atoms with Gasteiger partial charge in [-0.05, 0) is 36.8 Å². The third-order valence-electron chi connectivity index (χ3n) is 6.89. The van der Waals surface area contributed by atoms with Crippen LogP contribution in [0.15, 0.2) is 24.3 Å². The summed E-state index contributed by atoms with van der Waals surface area (Å²) in [7, 11) is 0. The van der Waals surface area contributed by atoms with Crippen LogP contribution < -0.4 is 4.90 Å². The number of benzene rings is 1. The Bertz CT molecular complexity index is 702. The monoisotopic (exact) mass is 313 g/mol. The molecule has 1 aromatic carbocycles. The molecule has 2 heterocycles. The van der Waals surface area contributed by atoms with Gasteiger partial charge < -0.3 is 9.84 Å². The van der Waals surface area contributed by atoms with E-state index in [1.165, 1.54) is 0 Å². The zero-order valence-corrected chi connectivity index (χ0v) is 13.8. The van der Waals surface area contributed by atoms with Gasteiger partial charge in [0.2, 0.25) is 5.91 Å². The van der Waals surface area contributed by atoms with Crippen LogP contribution in [0.2, 0.25) is 0 Å². The molecular formula is C19H23NO3. The summed E-state index contributed by atoms with van der Waals surface area (Å²) < 4.78 is 6.54. The Morgan fingerprint density at radius 1 is 1.30 bits per heavy atom. The minimum Gasteiger partial charge on any atom is -0.390 e. The fourth-order valence-electron chi connectivity index (χ4n) is 6.11. The quantitative estimate of drug-likeness (QED) is 0.912. The predicted molar refractivity (Wildman–Crippen MR) is 85.7 cm³/mol. The number of hydrogen-bond donors (Lipinski definition) is 1. The summed E-state index contributed by atoms with van der Waals surface area (Å²) in [5, 5.41) is 10.6. The summed E-state index contributed by atoms with van der Waals surface area (Å²) in [6.45, 7) is 6.34. The van der Waals surface area contributed by atoms with E-state index in [9.17, 15) is 9.90 Å². The van der Waals surface area contributed by atoms with Gasteiger partial charge in [-0.2, -0.15) is 0 Å². The van der Waals surface area contributed by atoms with E-state index in [0.29, 0.717) is 5.92 Å². The molecule has 1 aromatic rings. The number of rotatable bonds is 2. The number of aliphatic hydroxyl groups is 1. The van der Waals surface area contributed by atoms with Gasteiger partial charge in [-0.25, -0.2) is 0 Å². The molecule has 0 radical (unpaired) electrons. The van der Waals surface area contributed by atoms with Crippen LogP contribution in [0.3, 0.4) is 0 Å². The number of anilines is 1. The summed E-state index contributed by atoms with van der Waals surface area (Å²) in [6.07, 6.45) is 0.385. The molecule has 2 saturated carbocycles. The highest BCUT2D eigenvalue weighted by Gasteiger charge is 2.79. The summed E-state index contributed by atoms with van der Waals surface area (Å²) in [4.78, 5) is 15.3.